The summed E-state index contributed by atoms with van der Waals surface area (Å²) in [5, 5.41) is 11.0. The Labute approximate surface area is 189 Å². The molecule has 0 bridgehead atoms. The largest absolute Gasteiger partial charge is 0.507 e. The van der Waals surface area contributed by atoms with Crippen molar-refractivity contribution in [3.05, 3.63) is 107 Å². The number of rotatable bonds is 5. The fraction of sp³-hybridized carbons (Fsp3) is 0.115. The number of hydrogen-bond donors (Lipinski definition) is 1. The van der Waals surface area contributed by atoms with Crippen molar-refractivity contribution in [2.45, 2.75) is 13.0 Å². The fourth-order valence-corrected chi connectivity index (χ4v) is 3.81. The van der Waals surface area contributed by atoms with E-state index in [4.69, 9.17) is 4.74 Å². The number of carbonyl (C=O) groups is 3. The maximum absolute atomic E-state index is 14.9. The third-order valence-electron chi connectivity index (χ3n) is 5.35. The molecule has 1 atom stereocenters. The Kier molecular flexibility index (Phi) is 6.04. The zero-order valence-electron chi connectivity index (χ0n) is 17.7. The number of benzene rings is 3. The lowest BCUT2D eigenvalue weighted by molar-refractivity contribution is -0.132. The molecule has 33 heavy (non-hydrogen) atoms. The van der Waals surface area contributed by atoms with Gasteiger partial charge in [0.1, 0.15) is 11.6 Å². The maximum Gasteiger partial charge on any atom is 0.338 e. The van der Waals surface area contributed by atoms with Gasteiger partial charge in [0, 0.05) is 16.8 Å². The van der Waals surface area contributed by atoms with Crippen LogP contribution in [0, 0.1) is 5.82 Å². The normalized spacial score (nSPS) is 17.3. The van der Waals surface area contributed by atoms with Crippen LogP contribution in [-0.4, -0.2) is 29.4 Å². The minimum absolute atomic E-state index is 0.0589. The van der Waals surface area contributed by atoms with Crippen molar-refractivity contribution in [2.75, 3.05) is 11.5 Å². The predicted molar refractivity (Wildman–Crippen MR) is 120 cm³/mol. The molecule has 3 aromatic rings. The molecule has 0 radical (unpaired) electrons. The van der Waals surface area contributed by atoms with Gasteiger partial charge in [-0.1, -0.05) is 48.5 Å². The van der Waals surface area contributed by atoms with Crippen LogP contribution in [0.5, 0.6) is 0 Å². The van der Waals surface area contributed by atoms with Crippen LogP contribution in [-0.2, 0) is 14.3 Å². The second-order valence-electron chi connectivity index (χ2n) is 7.32. The Morgan fingerprint density at radius 1 is 0.939 bits per heavy atom. The fourth-order valence-electron chi connectivity index (χ4n) is 3.81. The molecule has 1 fully saturated rings. The smallest absolute Gasteiger partial charge is 0.338 e. The summed E-state index contributed by atoms with van der Waals surface area (Å²) in [6.07, 6.45) is 0. The predicted octanol–water partition coefficient (Wildman–Crippen LogP) is 4.63. The number of nitrogens with zero attached hydrogens (tertiary/aromatic N) is 1. The van der Waals surface area contributed by atoms with E-state index in [1.54, 1.807) is 43.3 Å². The first-order chi connectivity index (χ1) is 15.9. The summed E-state index contributed by atoms with van der Waals surface area (Å²) in [5.41, 5.74) is 0.707. The summed E-state index contributed by atoms with van der Waals surface area (Å²) in [7, 11) is 0. The van der Waals surface area contributed by atoms with Crippen molar-refractivity contribution in [1.82, 2.24) is 0 Å². The molecule has 0 spiro atoms. The molecule has 1 saturated heterocycles. The number of aliphatic hydroxyl groups excluding tert-OH is 1. The van der Waals surface area contributed by atoms with Crippen molar-refractivity contribution in [1.29, 1.82) is 0 Å². The number of ketones is 1. The molecule has 0 aromatic heterocycles. The number of halogens is 1. The Morgan fingerprint density at radius 3 is 2.21 bits per heavy atom. The molecule has 166 valence electrons. The number of carbonyl (C=O) groups excluding carboxylic acids is 3. The minimum Gasteiger partial charge on any atom is -0.507 e. The minimum atomic E-state index is -1.19. The quantitative estimate of drug-likeness (QED) is 0.268. The number of hydrogen-bond acceptors (Lipinski definition) is 5. The third kappa shape index (κ3) is 4.01. The van der Waals surface area contributed by atoms with Gasteiger partial charge in [-0.3, -0.25) is 14.5 Å². The second kappa shape index (κ2) is 9.08. The summed E-state index contributed by atoms with van der Waals surface area (Å²) < 4.78 is 19.8. The maximum atomic E-state index is 14.9. The molecule has 1 amide bonds. The van der Waals surface area contributed by atoms with Crippen LogP contribution < -0.4 is 4.90 Å². The molecule has 3 aromatic carbocycles. The summed E-state index contributed by atoms with van der Waals surface area (Å²) in [4.78, 5) is 39.2. The molecule has 7 heteroatoms. The lowest BCUT2D eigenvalue weighted by Gasteiger charge is -2.25. The van der Waals surface area contributed by atoms with Crippen LogP contribution >= 0.6 is 0 Å². The van der Waals surface area contributed by atoms with Gasteiger partial charge in [-0.05, 0) is 37.3 Å². The Balaban J connectivity index is 1.88. The zero-order valence-corrected chi connectivity index (χ0v) is 17.7. The van der Waals surface area contributed by atoms with E-state index in [1.807, 2.05) is 0 Å². The molecule has 1 heterocycles. The number of amides is 1. The molecule has 4 rings (SSSR count). The monoisotopic (exact) mass is 445 g/mol. The van der Waals surface area contributed by atoms with Gasteiger partial charge in [-0.25, -0.2) is 9.18 Å². The van der Waals surface area contributed by atoms with Gasteiger partial charge in [-0.15, -0.1) is 0 Å². The van der Waals surface area contributed by atoms with Gasteiger partial charge in [0.25, 0.3) is 11.7 Å². The van der Waals surface area contributed by atoms with E-state index in [-0.39, 0.29) is 29.0 Å². The van der Waals surface area contributed by atoms with Crippen molar-refractivity contribution >= 4 is 29.1 Å². The number of esters is 1. The van der Waals surface area contributed by atoms with Crippen LogP contribution in [0.4, 0.5) is 10.1 Å². The van der Waals surface area contributed by atoms with E-state index in [0.29, 0.717) is 5.56 Å². The standard InChI is InChI=1S/C26H20FNO5/c1-2-33-26(32)17-12-14-18(15-13-17)28-22(19-10-6-7-11-20(19)27)21(24(30)25(28)31)23(29)16-8-4-3-5-9-16/h3-15,22,29H,2H2,1H3/b23-21-. The highest BCUT2D eigenvalue weighted by molar-refractivity contribution is 6.51. The van der Waals surface area contributed by atoms with Gasteiger partial charge in [0.2, 0.25) is 0 Å². The number of ether oxygens (including phenoxy) is 1. The summed E-state index contributed by atoms with van der Waals surface area (Å²) in [5.74, 6) is -3.39. The molecule has 6 nitrogen and oxygen atoms in total. The van der Waals surface area contributed by atoms with Gasteiger partial charge in [0.15, 0.2) is 0 Å². The SMILES string of the molecule is CCOC(=O)c1ccc(N2C(=O)C(=O)/C(=C(\O)c3ccccc3)C2c2ccccc2F)cc1. The molecular formula is C26H20FNO5. The first-order valence-corrected chi connectivity index (χ1v) is 10.3. The summed E-state index contributed by atoms with van der Waals surface area (Å²) >= 11 is 0. The topological polar surface area (TPSA) is 83.9 Å². The van der Waals surface area contributed by atoms with Crippen LogP contribution in [0.1, 0.15) is 34.5 Å². The number of anilines is 1. The average molecular weight is 445 g/mol. The lowest BCUT2D eigenvalue weighted by Crippen LogP contribution is -2.29. The third-order valence-corrected chi connectivity index (χ3v) is 5.35. The highest BCUT2D eigenvalue weighted by Crippen LogP contribution is 2.42. The van der Waals surface area contributed by atoms with Crippen molar-refractivity contribution < 1.29 is 28.6 Å². The molecule has 1 aliphatic heterocycles. The van der Waals surface area contributed by atoms with Crippen molar-refractivity contribution in [3.8, 4) is 0 Å². The highest BCUT2D eigenvalue weighted by Gasteiger charge is 2.47. The highest BCUT2D eigenvalue weighted by atomic mass is 19.1. The molecular weight excluding hydrogens is 425 g/mol. The number of Topliss-reactive ketones (excluding diaryl/α,β-unsaturated/α-hetero) is 1. The molecule has 0 saturated carbocycles. The van der Waals surface area contributed by atoms with E-state index < -0.39 is 35.3 Å². The van der Waals surface area contributed by atoms with Crippen LogP contribution in [0.2, 0.25) is 0 Å². The number of aliphatic hydroxyl groups is 1. The Morgan fingerprint density at radius 2 is 1.58 bits per heavy atom. The van der Waals surface area contributed by atoms with E-state index in [1.165, 1.54) is 42.5 Å². The van der Waals surface area contributed by atoms with Crippen LogP contribution in [0.3, 0.4) is 0 Å². The average Bonchev–Trinajstić information content (AvgIpc) is 3.10. The van der Waals surface area contributed by atoms with Gasteiger partial charge >= 0.3 is 5.97 Å². The lowest BCUT2D eigenvalue weighted by atomic mass is 9.94. The van der Waals surface area contributed by atoms with E-state index >= 15 is 0 Å². The van der Waals surface area contributed by atoms with E-state index in [2.05, 4.69) is 0 Å². The zero-order chi connectivity index (χ0) is 23.5. The first-order valence-electron chi connectivity index (χ1n) is 10.3. The van der Waals surface area contributed by atoms with Crippen LogP contribution in [0.25, 0.3) is 5.76 Å². The Hall–Kier alpha value is -4.26. The Bertz CT molecular complexity index is 1250. The molecule has 1 unspecified atom stereocenters. The van der Waals surface area contributed by atoms with Gasteiger partial charge in [-0.2, -0.15) is 0 Å². The van der Waals surface area contributed by atoms with Crippen molar-refractivity contribution in [3.63, 3.8) is 0 Å². The molecule has 1 N–H and O–H groups in total. The molecule has 1 aliphatic rings. The van der Waals surface area contributed by atoms with Crippen LogP contribution in [0.15, 0.2) is 84.4 Å². The van der Waals surface area contributed by atoms with E-state index in [0.717, 1.165) is 4.90 Å². The summed E-state index contributed by atoms with van der Waals surface area (Å²) in [6.45, 7) is 1.90. The second-order valence-corrected chi connectivity index (χ2v) is 7.32. The van der Waals surface area contributed by atoms with Crippen molar-refractivity contribution in [2.24, 2.45) is 0 Å². The molecule has 0 aliphatic carbocycles. The summed E-state index contributed by atoms with van der Waals surface area (Å²) in [6, 6.07) is 18.7. The first kappa shape index (κ1) is 22.0. The van der Waals surface area contributed by atoms with Gasteiger partial charge in [0.05, 0.1) is 23.8 Å². The van der Waals surface area contributed by atoms with E-state index in [9.17, 15) is 23.9 Å². The van der Waals surface area contributed by atoms with Gasteiger partial charge < -0.3 is 9.84 Å².